The number of para-hydroxylation sites is 2. The minimum Gasteiger partial charge on any atom is -0.455 e. The number of aryl methyl sites for hydroxylation is 2. The number of hydrogen-bond acceptors (Lipinski definition) is 4. The van der Waals surface area contributed by atoms with Crippen LogP contribution in [0.1, 0.15) is 43.4 Å². The van der Waals surface area contributed by atoms with Crippen LogP contribution < -0.4 is 5.19 Å². The van der Waals surface area contributed by atoms with Crippen molar-refractivity contribution in [3.8, 4) is 55.9 Å². The van der Waals surface area contributed by atoms with Crippen LogP contribution >= 0.6 is 11.3 Å². The number of rotatable bonds is 8. The molecule has 11 aromatic rings. The van der Waals surface area contributed by atoms with Crippen molar-refractivity contribution in [2.24, 2.45) is 5.92 Å². The summed E-state index contributed by atoms with van der Waals surface area (Å²) in [5.74, 6) is 1.13. The zero-order valence-corrected chi connectivity index (χ0v) is 44.1. The van der Waals surface area contributed by atoms with Crippen LogP contribution in [0, 0.1) is 31.9 Å². The van der Waals surface area contributed by atoms with E-state index in [2.05, 4.69) is 206 Å². The van der Waals surface area contributed by atoms with Crippen LogP contribution in [0.5, 0.6) is 0 Å². The van der Waals surface area contributed by atoms with Gasteiger partial charge in [0.25, 0.3) is 0 Å². The average Bonchev–Trinajstić information content (AvgIpc) is 3.92. The van der Waals surface area contributed by atoms with E-state index in [4.69, 9.17) is 14.4 Å². The summed E-state index contributed by atoms with van der Waals surface area (Å²) in [4.78, 5) is 9.75. The number of nitrogens with zero attached hydrogens (tertiary/aromatic N) is 2. The molecule has 11 rings (SSSR count). The van der Waals surface area contributed by atoms with Gasteiger partial charge < -0.3 is 14.4 Å². The predicted octanol–water partition coefficient (Wildman–Crippen LogP) is 17.3. The Kier molecular flexibility index (Phi) is 13.3. The Morgan fingerprint density at radius 1 is 0.574 bits per heavy atom. The Bertz CT molecular complexity index is 3590. The molecule has 3 nitrogen and oxygen atoms in total. The Labute approximate surface area is 419 Å². The Morgan fingerprint density at radius 3 is 1.96 bits per heavy atom. The van der Waals surface area contributed by atoms with Gasteiger partial charge >= 0.3 is 0 Å². The van der Waals surface area contributed by atoms with Gasteiger partial charge in [-0.2, -0.15) is 11.3 Å². The summed E-state index contributed by atoms with van der Waals surface area (Å²) >= 11 is 1.81. The summed E-state index contributed by atoms with van der Waals surface area (Å²) < 4.78 is 8.81. The van der Waals surface area contributed by atoms with E-state index in [0.29, 0.717) is 11.8 Å². The van der Waals surface area contributed by atoms with Gasteiger partial charge in [-0.1, -0.05) is 185 Å². The zero-order chi connectivity index (χ0) is 46.4. The summed E-state index contributed by atoms with van der Waals surface area (Å²) in [5, 5.41) is 6.26. The molecule has 0 amide bonds. The van der Waals surface area contributed by atoms with E-state index in [1.165, 1.54) is 58.7 Å². The van der Waals surface area contributed by atoms with E-state index >= 15 is 0 Å². The zero-order valence-electron chi connectivity index (χ0n) is 39.9. The fraction of sp³-hybridized carbons (Fsp3) is 0.161. The molecular formula is C62H54IrN2OSSi-2. The first-order valence-electron chi connectivity index (χ1n) is 23.3. The molecule has 4 aromatic heterocycles. The number of benzene rings is 7. The number of furan rings is 1. The number of hydrogen-bond donors (Lipinski definition) is 0. The fourth-order valence-corrected chi connectivity index (χ4v) is 12.1. The maximum absolute atomic E-state index is 6.34. The second-order valence-corrected chi connectivity index (χ2v) is 25.3. The van der Waals surface area contributed by atoms with Crippen molar-refractivity contribution in [2.75, 3.05) is 0 Å². The topological polar surface area (TPSA) is 38.9 Å². The van der Waals surface area contributed by atoms with Crippen molar-refractivity contribution >= 4 is 66.7 Å². The van der Waals surface area contributed by atoms with Gasteiger partial charge in [0.15, 0.2) is 0 Å². The largest absolute Gasteiger partial charge is 0.455 e. The quantitative estimate of drug-likeness (QED) is 0.112. The van der Waals surface area contributed by atoms with Gasteiger partial charge in [-0.25, -0.2) is 0 Å². The first-order valence-corrected chi connectivity index (χ1v) is 27.6. The van der Waals surface area contributed by atoms with Crippen molar-refractivity contribution in [1.29, 1.82) is 0 Å². The monoisotopic (exact) mass is 1100 g/mol. The minimum atomic E-state index is -1.45. The molecule has 68 heavy (non-hydrogen) atoms. The van der Waals surface area contributed by atoms with Crippen molar-refractivity contribution in [3.63, 3.8) is 0 Å². The molecule has 1 unspecified atom stereocenters. The van der Waals surface area contributed by atoms with Crippen LogP contribution in [-0.2, 0) is 20.1 Å². The SMILES string of the molecule is Cc1cc(-c2[c-]ccc3c2sc2ccc(-c4cccc5c4oc4ccccc45)cc23)ncc1-c1ccccc1.Cc1cc(-c2cc(C(C)C(C)C)c([Si](C)(C)C)cn2)[c-]cc1-c1ccccc1.[Ir]. The Morgan fingerprint density at radius 2 is 1.25 bits per heavy atom. The molecule has 7 aromatic carbocycles. The molecule has 339 valence electrons. The third kappa shape index (κ3) is 9.07. The average molecular weight is 1100 g/mol. The Balaban J connectivity index is 0.000000178. The van der Waals surface area contributed by atoms with Gasteiger partial charge in [-0.15, -0.1) is 53.1 Å². The number of thiophene rings is 1. The van der Waals surface area contributed by atoms with Crippen LogP contribution in [0.3, 0.4) is 0 Å². The summed E-state index contributed by atoms with van der Waals surface area (Å²) in [5.41, 5.74) is 17.0. The maximum Gasteiger partial charge on any atom is 0.143 e. The van der Waals surface area contributed by atoms with E-state index in [-0.39, 0.29) is 20.1 Å². The molecule has 6 heteroatoms. The summed E-state index contributed by atoms with van der Waals surface area (Å²) in [6.07, 6.45) is 4.14. The molecule has 1 radical (unpaired) electrons. The second kappa shape index (κ2) is 19.4. The van der Waals surface area contributed by atoms with E-state index in [9.17, 15) is 0 Å². The predicted molar refractivity (Wildman–Crippen MR) is 289 cm³/mol. The smallest absolute Gasteiger partial charge is 0.143 e. The number of fused-ring (bicyclic) bond motifs is 6. The molecule has 0 N–H and O–H groups in total. The maximum atomic E-state index is 6.34. The second-order valence-electron chi connectivity index (χ2n) is 19.2. The summed E-state index contributed by atoms with van der Waals surface area (Å²) in [7, 11) is -1.45. The Hall–Kier alpha value is -6.27. The molecule has 0 spiro atoms. The van der Waals surface area contributed by atoms with Crippen molar-refractivity contribution in [2.45, 2.75) is 60.2 Å². The molecule has 0 aliphatic carbocycles. The standard InChI is InChI=1S/C36H22NOS.C26H32NSi.Ir/c1-22-19-32(37-21-31(22)23-9-3-2-4-10-23)29-15-8-14-28-30-20-24(17-18-34(30)39-36(28)29)25-12-7-13-27-26-11-5-6-16-33(26)38-35(25)27;1-18(2)20(4)24-16-25(27-17-26(24)28(5,6)7)22-13-14-23(19(3)15-22)21-11-9-8-10-12-21;/h2-14,16-21H,1H3;8-12,14-18,20H,1-7H3;/q2*-1;. The van der Waals surface area contributed by atoms with Gasteiger partial charge in [0, 0.05) is 59.1 Å². The van der Waals surface area contributed by atoms with Gasteiger partial charge in [0.2, 0.25) is 0 Å². The molecule has 0 aliphatic heterocycles. The third-order valence-corrected chi connectivity index (χ3v) is 16.6. The van der Waals surface area contributed by atoms with E-state index in [0.717, 1.165) is 61.1 Å². The summed E-state index contributed by atoms with van der Waals surface area (Å²) in [6, 6.07) is 62.4. The molecule has 0 saturated carbocycles. The van der Waals surface area contributed by atoms with Crippen molar-refractivity contribution in [3.05, 3.63) is 199 Å². The summed E-state index contributed by atoms with van der Waals surface area (Å²) in [6.45, 7) is 18.5. The molecule has 4 heterocycles. The molecule has 0 aliphatic rings. The van der Waals surface area contributed by atoms with E-state index in [1.54, 1.807) is 11.3 Å². The first kappa shape index (κ1) is 46.8. The fourth-order valence-electron chi connectivity index (χ4n) is 9.34. The molecular weight excluding hydrogens is 1040 g/mol. The van der Waals surface area contributed by atoms with Gasteiger partial charge in [-0.3, -0.25) is 0 Å². The van der Waals surface area contributed by atoms with E-state index in [1.807, 2.05) is 30.5 Å². The van der Waals surface area contributed by atoms with Gasteiger partial charge in [-0.05, 0) is 80.3 Å². The van der Waals surface area contributed by atoms with Crippen molar-refractivity contribution in [1.82, 2.24) is 9.97 Å². The first-order chi connectivity index (χ1) is 32.4. The van der Waals surface area contributed by atoms with Crippen LogP contribution in [0.25, 0.3) is 98.0 Å². The number of pyridine rings is 2. The van der Waals surface area contributed by atoms with Crippen LogP contribution in [0.2, 0.25) is 19.6 Å². The minimum absolute atomic E-state index is 0. The van der Waals surface area contributed by atoms with E-state index < -0.39 is 8.07 Å². The van der Waals surface area contributed by atoms with Gasteiger partial charge in [0.1, 0.15) is 11.2 Å². The molecule has 0 saturated heterocycles. The van der Waals surface area contributed by atoms with Crippen LogP contribution in [0.15, 0.2) is 175 Å². The normalized spacial score (nSPS) is 12.1. The molecule has 1 atom stereocenters. The molecule has 0 fully saturated rings. The molecule has 0 bridgehead atoms. The van der Waals surface area contributed by atoms with Gasteiger partial charge in [0.05, 0.1) is 8.07 Å². The van der Waals surface area contributed by atoms with Crippen molar-refractivity contribution < 1.29 is 24.5 Å². The third-order valence-electron chi connectivity index (χ3n) is 13.4. The number of aromatic nitrogens is 2. The van der Waals surface area contributed by atoms with Crippen LogP contribution in [0.4, 0.5) is 0 Å². The van der Waals surface area contributed by atoms with Crippen LogP contribution in [-0.4, -0.2) is 18.0 Å².